The number of aliphatic hydroxyl groups excluding tert-OH is 1. The molecule has 1 spiro atoms. The summed E-state index contributed by atoms with van der Waals surface area (Å²) < 4.78 is 11.4. The first kappa shape index (κ1) is 13.8. The number of hydrogen-bond acceptors (Lipinski definition) is 5. The molecule has 0 aromatic heterocycles. The molecule has 3 N–H and O–H groups in total. The molecule has 2 heterocycles. The summed E-state index contributed by atoms with van der Waals surface area (Å²) in [7, 11) is 0. The third-order valence-corrected chi connectivity index (χ3v) is 4.22. The first-order valence-electron chi connectivity index (χ1n) is 7.21. The monoisotopic (exact) mass is 278 g/mol. The van der Waals surface area contributed by atoms with E-state index in [-0.39, 0.29) is 5.79 Å². The molecule has 0 aliphatic carbocycles. The Bertz CT molecular complexity index is 450. The van der Waals surface area contributed by atoms with Gasteiger partial charge in [-0.15, -0.1) is 0 Å². The molecule has 0 bridgehead atoms. The summed E-state index contributed by atoms with van der Waals surface area (Å²) in [6.45, 7) is 3.75. The molecule has 1 aromatic rings. The van der Waals surface area contributed by atoms with Gasteiger partial charge >= 0.3 is 0 Å². The van der Waals surface area contributed by atoms with Crippen LogP contribution in [0.4, 0.5) is 5.69 Å². The molecule has 5 heteroatoms. The van der Waals surface area contributed by atoms with Gasteiger partial charge in [-0.05, 0) is 6.07 Å². The normalized spacial score (nSPS) is 24.1. The van der Waals surface area contributed by atoms with Crippen LogP contribution >= 0.6 is 0 Å². The number of anilines is 1. The number of nitrogens with two attached hydrogens (primary N) is 1. The smallest absolute Gasteiger partial charge is 0.170 e. The molecule has 3 rings (SSSR count). The van der Waals surface area contributed by atoms with Gasteiger partial charge < -0.3 is 25.2 Å². The average Bonchev–Trinajstić information content (AvgIpc) is 2.90. The number of para-hydroxylation sites is 1. The molecule has 1 unspecified atom stereocenters. The number of β-amino-alcohol motifs (C(OH)–C–C–N with tert-alkyl or cyclic N) is 1. The Hall–Kier alpha value is -1.14. The van der Waals surface area contributed by atoms with Crippen LogP contribution in [0.2, 0.25) is 0 Å². The number of aliphatic hydroxyl groups is 1. The maximum Gasteiger partial charge on any atom is 0.170 e. The highest BCUT2D eigenvalue weighted by Gasteiger charge is 2.39. The molecule has 20 heavy (non-hydrogen) atoms. The zero-order valence-electron chi connectivity index (χ0n) is 11.6. The first-order chi connectivity index (χ1) is 9.69. The number of hydrogen-bond donors (Lipinski definition) is 2. The van der Waals surface area contributed by atoms with Crippen LogP contribution in [-0.2, 0) is 9.47 Å². The minimum Gasteiger partial charge on any atom is -0.398 e. The van der Waals surface area contributed by atoms with Crippen molar-refractivity contribution in [2.45, 2.75) is 24.7 Å². The third-order valence-electron chi connectivity index (χ3n) is 4.22. The minimum absolute atomic E-state index is 0.354. The lowest BCUT2D eigenvalue weighted by Gasteiger charge is -2.38. The van der Waals surface area contributed by atoms with Crippen LogP contribution in [-0.4, -0.2) is 48.6 Å². The molecule has 0 saturated carbocycles. The highest BCUT2D eigenvalue weighted by atomic mass is 16.7. The van der Waals surface area contributed by atoms with Crippen LogP contribution in [0, 0.1) is 0 Å². The molecule has 110 valence electrons. The first-order valence-corrected chi connectivity index (χ1v) is 7.21. The molecule has 2 aliphatic heterocycles. The van der Waals surface area contributed by atoms with Gasteiger partial charge in [0.05, 0.1) is 19.3 Å². The Morgan fingerprint density at radius 2 is 1.85 bits per heavy atom. The summed E-state index contributed by atoms with van der Waals surface area (Å²) in [6, 6.07) is 7.49. The number of likely N-dealkylation sites (tertiary alicyclic amines) is 1. The quantitative estimate of drug-likeness (QED) is 0.812. The van der Waals surface area contributed by atoms with Crippen molar-refractivity contribution in [3.63, 3.8) is 0 Å². The highest BCUT2D eigenvalue weighted by Crippen LogP contribution is 2.32. The average molecular weight is 278 g/mol. The summed E-state index contributed by atoms with van der Waals surface area (Å²) in [6.07, 6.45) is 1.18. The molecule has 1 aromatic carbocycles. The number of piperidine rings is 1. The number of ether oxygens (including phenoxy) is 2. The fraction of sp³-hybridized carbons (Fsp3) is 0.600. The molecule has 5 nitrogen and oxygen atoms in total. The maximum absolute atomic E-state index is 10.3. The van der Waals surface area contributed by atoms with E-state index in [9.17, 15) is 5.11 Å². The van der Waals surface area contributed by atoms with Crippen molar-refractivity contribution in [1.29, 1.82) is 0 Å². The van der Waals surface area contributed by atoms with Gasteiger partial charge in [0.1, 0.15) is 0 Å². The standard InChI is InChI=1S/C15H22N2O3/c16-13-4-2-1-3-12(13)14(18)11-17-7-5-15(6-8-17)19-9-10-20-15/h1-4,14,18H,5-11,16H2. The van der Waals surface area contributed by atoms with Crippen molar-refractivity contribution in [2.75, 3.05) is 38.6 Å². The molecular weight excluding hydrogens is 256 g/mol. The van der Waals surface area contributed by atoms with E-state index < -0.39 is 6.10 Å². The number of benzene rings is 1. The van der Waals surface area contributed by atoms with Gasteiger partial charge in [0.25, 0.3) is 0 Å². The molecule has 1 atom stereocenters. The molecule has 2 aliphatic rings. The summed E-state index contributed by atoms with van der Waals surface area (Å²) in [5.41, 5.74) is 7.36. The second-order valence-corrected chi connectivity index (χ2v) is 5.55. The van der Waals surface area contributed by atoms with Crippen molar-refractivity contribution in [1.82, 2.24) is 4.90 Å². The number of nitrogen functional groups attached to an aromatic ring is 1. The maximum atomic E-state index is 10.3. The van der Waals surface area contributed by atoms with E-state index in [0.29, 0.717) is 25.4 Å². The molecular formula is C15H22N2O3. The van der Waals surface area contributed by atoms with Crippen LogP contribution < -0.4 is 5.73 Å². The zero-order valence-corrected chi connectivity index (χ0v) is 11.6. The lowest BCUT2D eigenvalue weighted by Crippen LogP contribution is -2.46. The van der Waals surface area contributed by atoms with Gasteiger partial charge in [-0.3, -0.25) is 0 Å². The predicted octanol–water partition coefficient (Wildman–Crippen LogP) is 1.14. The van der Waals surface area contributed by atoms with Crippen LogP contribution in [0.5, 0.6) is 0 Å². The van der Waals surface area contributed by atoms with Crippen molar-refractivity contribution in [2.24, 2.45) is 0 Å². The zero-order chi connectivity index (χ0) is 14.0. The van der Waals surface area contributed by atoms with Gasteiger partial charge in [0, 0.05) is 43.7 Å². The number of nitrogens with zero attached hydrogens (tertiary/aromatic N) is 1. The minimum atomic E-state index is -0.546. The number of rotatable bonds is 3. The second kappa shape index (κ2) is 5.69. The van der Waals surface area contributed by atoms with Crippen molar-refractivity contribution in [3.8, 4) is 0 Å². The summed E-state index contributed by atoms with van der Waals surface area (Å²) in [5.74, 6) is -0.354. The Labute approximate surface area is 119 Å². The van der Waals surface area contributed by atoms with Gasteiger partial charge in [0.15, 0.2) is 5.79 Å². The predicted molar refractivity (Wildman–Crippen MR) is 76.1 cm³/mol. The van der Waals surface area contributed by atoms with E-state index in [4.69, 9.17) is 15.2 Å². The lowest BCUT2D eigenvalue weighted by molar-refractivity contribution is -0.186. The molecule has 2 fully saturated rings. The van der Waals surface area contributed by atoms with E-state index in [1.807, 2.05) is 24.3 Å². The van der Waals surface area contributed by atoms with Gasteiger partial charge in [0.2, 0.25) is 0 Å². The van der Waals surface area contributed by atoms with Gasteiger partial charge in [-0.1, -0.05) is 18.2 Å². The fourth-order valence-electron chi connectivity index (χ4n) is 3.02. The fourth-order valence-corrected chi connectivity index (χ4v) is 3.02. The largest absolute Gasteiger partial charge is 0.398 e. The van der Waals surface area contributed by atoms with Crippen molar-refractivity contribution < 1.29 is 14.6 Å². The Morgan fingerprint density at radius 3 is 2.50 bits per heavy atom. The Balaban J connectivity index is 1.56. The van der Waals surface area contributed by atoms with Crippen molar-refractivity contribution in [3.05, 3.63) is 29.8 Å². The summed E-state index contributed by atoms with van der Waals surface area (Å²) in [4.78, 5) is 2.24. The summed E-state index contributed by atoms with van der Waals surface area (Å²) >= 11 is 0. The van der Waals surface area contributed by atoms with Crippen molar-refractivity contribution >= 4 is 5.69 Å². The topological polar surface area (TPSA) is 68.0 Å². The van der Waals surface area contributed by atoms with E-state index >= 15 is 0 Å². The van der Waals surface area contributed by atoms with E-state index in [1.54, 1.807) is 0 Å². The molecule has 0 amide bonds. The van der Waals surface area contributed by atoms with Crippen LogP contribution in [0.1, 0.15) is 24.5 Å². The van der Waals surface area contributed by atoms with Crippen LogP contribution in [0.25, 0.3) is 0 Å². The highest BCUT2D eigenvalue weighted by molar-refractivity contribution is 5.47. The molecule has 2 saturated heterocycles. The van der Waals surface area contributed by atoms with E-state index in [2.05, 4.69) is 4.90 Å². The SMILES string of the molecule is Nc1ccccc1C(O)CN1CCC2(CC1)OCCO2. The lowest BCUT2D eigenvalue weighted by atomic mass is 10.0. The summed E-state index contributed by atoms with van der Waals surface area (Å²) in [5, 5.41) is 10.3. The van der Waals surface area contributed by atoms with E-state index in [1.165, 1.54) is 0 Å². The Morgan fingerprint density at radius 1 is 1.20 bits per heavy atom. The van der Waals surface area contributed by atoms with E-state index in [0.717, 1.165) is 31.5 Å². The van der Waals surface area contributed by atoms with Gasteiger partial charge in [-0.2, -0.15) is 0 Å². The van der Waals surface area contributed by atoms with Gasteiger partial charge in [-0.25, -0.2) is 0 Å². The second-order valence-electron chi connectivity index (χ2n) is 5.55. The third kappa shape index (κ3) is 2.81. The van der Waals surface area contributed by atoms with Crippen LogP contribution in [0.3, 0.4) is 0 Å². The molecule has 0 radical (unpaired) electrons. The Kier molecular flexibility index (Phi) is 3.94. The van der Waals surface area contributed by atoms with Crippen LogP contribution in [0.15, 0.2) is 24.3 Å².